The molecule has 0 amide bonds. The molecule has 1 fully saturated rings. The Morgan fingerprint density at radius 3 is 1.33 bits per heavy atom. The Kier molecular flexibility index (Phi) is 9.94. The Labute approximate surface area is 281 Å². The molecule has 4 unspecified atom stereocenters. The molecule has 8 nitrogen and oxygen atoms in total. The van der Waals surface area contributed by atoms with Crippen LogP contribution in [0.5, 0.6) is 11.5 Å². The maximum Gasteiger partial charge on any atom is 0.280 e. The second-order valence-corrected chi connectivity index (χ2v) is 17.9. The topological polar surface area (TPSA) is 112 Å². The maximum absolute atomic E-state index is 14.0. The van der Waals surface area contributed by atoms with Crippen LogP contribution in [-0.2, 0) is 18.6 Å². The maximum atomic E-state index is 14.0. The quantitative estimate of drug-likeness (QED) is 0.155. The molecule has 1 aliphatic carbocycles. The van der Waals surface area contributed by atoms with Crippen molar-refractivity contribution in [1.82, 2.24) is 0 Å². The molecule has 7 rings (SSSR count). The van der Waals surface area contributed by atoms with Crippen molar-refractivity contribution in [3.63, 3.8) is 0 Å². The third kappa shape index (κ3) is 7.07. The first-order valence-corrected chi connectivity index (χ1v) is 20.4. The van der Waals surface area contributed by atoms with E-state index in [0.29, 0.717) is 47.2 Å². The summed E-state index contributed by atoms with van der Waals surface area (Å²) in [6.45, 7) is 1.27. The Hall–Kier alpha value is -3.22. The first kappa shape index (κ1) is 33.3. The highest BCUT2D eigenvalue weighted by atomic mass is 31.2. The number of ether oxygens (including phenoxy) is 2. The van der Waals surface area contributed by atoms with E-state index >= 15 is 0 Å². The monoisotopic (exact) mass is 688 g/mol. The molecular weight excluding hydrogens is 646 g/mol. The molecule has 0 saturated heterocycles. The van der Waals surface area contributed by atoms with E-state index in [1.807, 2.05) is 97.1 Å². The van der Waals surface area contributed by atoms with Gasteiger partial charge < -0.3 is 28.7 Å². The number of fused-ring (bicyclic) bond motifs is 6. The van der Waals surface area contributed by atoms with E-state index in [1.54, 1.807) is 0 Å². The highest BCUT2D eigenvalue weighted by molar-refractivity contribution is 7.68. The molecular formula is C38H42O8P2. The summed E-state index contributed by atoms with van der Waals surface area (Å²) in [6.07, 6.45) is 2.10. The predicted octanol–water partition coefficient (Wildman–Crippen LogP) is 6.87. The van der Waals surface area contributed by atoms with Gasteiger partial charge in [-0.05, 0) is 72.9 Å². The lowest BCUT2D eigenvalue weighted by atomic mass is 9.83. The van der Waals surface area contributed by atoms with Crippen LogP contribution in [0.3, 0.4) is 0 Å². The molecule has 2 heterocycles. The van der Waals surface area contributed by atoms with Crippen LogP contribution in [0.4, 0.5) is 0 Å². The van der Waals surface area contributed by atoms with Crippen LogP contribution in [0.2, 0.25) is 0 Å². The Balaban J connectivity index is 0.827. The van der Waals surface area contributed by atoms with Crippen molar-refractivity contribution in [3.05, 3.63) is 97.1 Å². The van der Waals surface area contributed by atoms with Gasteiger partial charge in [-0.3, -0.25) is 9.13 Å². The van der Waals surface area contributed by atoms with Crippen LogP contribution in [-0.4, -0.2) is 61.2 Å². The number of rotatable bonds is 12. The van der Waals surface area contributed by atoms with Crippen molar-refractivity contribution in [2.75, 3.05) is 38.8 Å². The van der Waals surface area contributed by atoms with E-state index in [0.717, 1.165) is 47.9 Å². The average molecular weight is 689 g/mol. The molecule has 2 aliphatic heterocycles. The van der Waals surface area contributed by atoms with Gasteiger partial charge in [-0.2, -0.15) is 0 Å². The fourth-order valence-electron chi connectivity index (χ4n) is 7.19. The van der Waals surface area contributed by atoms with Gasteiger partial charge in [-0.1, -0.05) is 72.8 Å². The summed E-state index contributed by atoms with van der Waals surface area (Å²) in [5.41, 5.74) is 3.59. The number of para-hydroxylation sites is 2. The fraction of sp³-hybridized carbons (Fsp3) is 0.368. The van der Waals surface area contributed by atoms with Gasteiger partial charge in [-0.25, -0.2) is 0 Å². The molecule has 0 spiro atoms. The Morgan fingerprint density at radius 1 is 0.562 bits per heavy atom. The lowest BCUT2D eigenvalue weighted by Crippen LogP contribution is -2.30. The first-order valence-electron chi connectivity index (χ1n) is 16.8. The van der Waals surface area contributed by atoms with E-state index in [9.17, 15) is 19.3 Å². The SMILES string of the molecule is O=P1(CC(O)COCC2CCC(COCC(O)CP3(=O)Oc4ccccc4-c4ccccc43)CC2)Oc2ccccc2-c2ccccc21. The minimum Gasteiger partial charge on any atom is -0.439 e. The van der Waals surface area contributed by atoms with Crippen molar-refractivity contribution in [3.8, 4) is 33.8 Å². The van der Waals surface area contributed by atoms with Gasteiger partial charge in [0.15, 0.2) is 0 Å². The summed E-state index contributed by atoms with van der Waals surface area (Å²) in [7, 11) is -6.63. The van der Waals surface area contributed by atoms with Crippen LogP contribution in [0.15, 0.2) is 97.1 Å². The van der Waals surface area contributed by atoms with Crippen molar-refractivity contribution in [2.45, 2.75) is 37.9 Å². The highest BCUT2D eigenvalue weighted by Crippen LogP contribution is 2.56. The zero-order valence-electron chi connectivity index (χ0n) is 26.9. The second kappa shape index (κ2) is 14.3. The highest BCUT2D eigenvalue weighted by Gasteiger charge is 2.39. The summed E-state index contributed by atoms with van der Waals surface area (Å²) in [6, 6.07) is 30.2. The van der Waals surface area contributed by atoms with Gasteiger partial charge in [0.25, 0.3) is 14.7 Å². The van der Waals surface area contributed by atoms with Crippen LogP contribution >= 0.6 is 14.7 Å². The number of hydrogen-bond acceptors (Lipinski definition) is 8. The number of aliphatic hydroxyl groups excluding tert-OH is 2. The van der Waals surface area contributed by atoms with Gasteiger partial charge in [-0.15, -0.1) is 0 Å². The third-order valence-corrected chi connectivity index (χ3v) is 14.6. The molecule has 2 N–H and O–H groups in total. The average Bonchev–Trinajstić information content (AvgIpc) is 3.09. The molecule has 10 heteroatoms. The minimum absolute atomic E-state index is 0.00430. The van der Waals surface area contributed by atoms with E-state index in [1.165, 1.54) is 0 Å². The van der Waals surface area contributed by atoms with Crippen molar-refractivity contribution >= 4 is 25.3 Å². The predicted molar refractivity (Wildman–Crippen MR) is 188 cm³/mol. The largest absolute Gasteiger partial charge is 0.439 e. The van der Waals surface area contributed by atoms with Crippen molar-refractivity contribution in [2.24, 2.45) is 11.8 Å². The Morgan fingerprint density at radius 2 is 0.917 bits per heavy atom. The number of aliphatic hydroxyl groups is 2. The smallest absolute Gasteiger partial charge is 0.280 e. The lowest BCUT2D eigenvalue weighted by Gasteiger charge is -2.31. The van der Waals surface area contributed by atoms with Crippen LogP contribution in [0.25, 0.3) is 22.3 Å². The summed E-state index contributed by atoms with van der Waals surface area (Å²) < 4.78 is 51.9. The molecule has 48 heavy (non-hydrogen) atoms. The van der Waals surface area contributed by atoms with Gasteiger partial charge in [0.2, 0.25) is 0 Å². The molecule has 0 radical (unpaired) electrons. The molecule has 4 atom stereocenters. The first-order chi connectivity index (χ1) is 23.3. The van der Waals surface area contributed by atoms with E-state index in [2.05, 4.69) is 0 Å². The van der Waals surface area contributed by atoms with Crippen LogP contribution in [0, 0.1) is 11.8 Å². The zero-order valence-corrected chi connectivity index (χ0v) is 28.6. The fourth-order valence-corrected chi connectivity index (χ4v) is 12.0. The summed E-state index contributed by atoms with van der Waals surface area (Å²) in [5, 5.41) is 22.9. The van der Waals surface area contributed by atoms with E-state index in [4.69, 9.17) is 18.5 Å². The lowest BCUT2D eigenvalue weighted by molar-refractivity contribution is 0.00330. The van der Waals surface area contributed by atoms with Crippen molar-refractivity contribution in [1.29, 1.82) is 0 Å². The normalized spacial score (nSPS) is 25.3. The molecule has 3 aliphatic rings. The summed E-state index contributed by atoms with van der Waals surface area (Å²) in [5.74, 6) is 1.91. The van der Waals surface area contributed by atoms with Crippen LogP contribution < -0.4 is 19.7 Å². The van der Waals surface area contributed by atoms with Gasteiger partial charge >= 0.3 is 0 Å². The van der Waals surface area contributed by atoms with Crippen molar-refractivity contribution < 1.29 is 37.9 Å². The van der Waals surface area contributed by atoms with Gasteiger partial charge in [0, 0.05) is 24.3 Å². The van der Waals surface area contributed by atoms with Crippen LogP contribution in [0.1, 0.15) is 25.7 Å². The van der Waals surface area contributed by atoms with E-state index in [-0.39, 0.29) is 25.5 Å². The standard InChI is InChI=1S/C38H42O8P2/c39-29(25-47(41)37-15-7-3-11-33(37)31-9-1-5-13-35(31)45-47)23-43-21-27-17-19-28(20-18-27)22-44-24-30(40)26-48(42)38-16-8-4-12-34(38)32-10-2-6-14-36(32)46-48/h1-16,27-30,39-40H,17-26H2. The molecule has 0 aromatic heterocycles. The summed E-state index contributed by atoms with van der Waals surface area (Å²) >= 11 is 0. The molecule has 1 saturated carbocycles. The Bertz CT molecular complexity index is 1700. The zero-order chi connectivity index (χ0) is 33.1. The van der Waals surface area contributed by atoms with Gasteiger partial charge in [0.05, 0.1) is 48.4 Å². The number of hydrogen-bond donors (Lipinski definition) is 2. The third-order valence-electron chi connectivity index (χ3n) is 9.58. The number of benzene rings is 4. The van der Waals surface area contributed by atoms with Gasteiger partial charge in [0.1, 0.15) is 11.5 Å². The molecule has 0 bridgehead atoms. The molecule has 252 valence electrons. The minimum atomic E-state index is -3.32. The second-order valence-electron chi connectivity index (χ2n) is 13.2. The molecule has 4 aromatic rings. The summed E-state index contributed by atoms with van der Waals surface area (Å²) in [4.78, 5) is 0. The molecule has 4 aromatic carbocycles. The van der Waals surface area contributed by atoms with E-state index < -0.39 is 26.9 Å².